The van der Waals surface area contributed by atoms with E-state index in [0.717, 1.165) is 48.5 Å². The fourth-order valence-corrected chi connectivity index (χ4v) is 4.45. The van der Waals surface area contributed by atoms with Crippen molar-refractivity contribution in [3.63, 3.8) is 0 Å². The number of hydrogen-bond donors (Lipinski definition) is 1. The van der Waals surface area contributed by atoms with Gasteiger partial charge < -0.3 is 15.0 Å². The van der Waals surface area contributed by atoms with Crippen LogP contribution in [0.15, 0.2) is 12.1 Å². The summed E-state index contributed by atoms with van der Waals surface area (Å²) in [4.78, 5) is 28.6. The van der Waals surface area contributed by atoms with E-state index >= 15 is 0 Å². The van der Waals surface area contributed by atoms with Crippen LogP contribution in [0.3, 0.4) is 0 Å². The molecule has 2 amide bonds. The van der Waals surface area contributed by atoms with Gasteiger partial charge in [-0.1, -0.05) is 13.8 Å². The topological polar surface area (TPSA) is 58.6 Å². The van der Waals surface area contributed by atoms with Gasteiger partial charge >= 0.3 is 6.09 Å². The first-order valence-corrected chi connectivity index (χ1v) is 11.2. The largest absolute Gasteiger partial charge is 0.444 e. The molecule has 1 aliphatic heterocycles. The monoisotopic (exact) mass is 408 g/mol. The van der Waals surface area contributed by atoms with Crippen molar-refractivity contribution >= 4 is 23.3 Å². The van der Waals surface area contributed by atoms with Crippen LogP contribution < -0.4 is 5.32 Å². The minimum atomic E-state index is -0.458. The van der Waals surface area contributed by atoms with Crippen molar-refractivity contribution in [3.05, 3.63) is 21.9 Å². The van der Waals surface area contributed by atoms with Crippen LogP contribution in [0.25, 0.3) is 0 Å². The Bertz CT molecular complexity index is 655. The second kappa shape index (κ2) is 9.77. The van der Waals surface area contributed by atoms with E-state index in [1.807, 2.05) is 44.7 Å². The molecule has 1 atom stereocenters. The first kappa shape index (κ1) is 22.7. The zero-order valence-electron chi connectivity index (χ0n) is 18.2. The van der Waals surface area contributed by atoms with Crippen LogP contribution in [0, 0.1) is 18.8 Å². The average molecular weight is 409 g/mol. The molecule has 1 aromatic rings. The Labute approximate surface area is 173 Å². The van der Waals surface area contributed by atoms with Crippen LogP contribution in [0.2, 0.25) is 0 Å². The van der Waals surface area contributed by atoms with Gasteiger partial charge in [-0.15, -0.1) is 11.3 Å². The molecule has 6 heteroatoms. The zero-order valence-corrected chi connectivity index (χ0v) is 19.0. The van der Waals surface area contributed by atoms with Gasteiger partial charge in [0.25, 0.3) is 5.91 Å². The van der Waals surface area contributed by atoms with Crippen molar-refractivity contribution in [2.45, 2.75) is 78.9 Å². The molecule has 2 rings (SSSR count). The van der Waals surface area contributed by atoms with Crippen molar-refractivity contribution < 1.29 is 14.3 Å². The number of ether oxygens (including phenoxy) is 1. The number of thiophene rings is 1. The van der Waals surface area contributed by atoms with Gasteiger partial charge in [-0.05, 0) is 77.3 Å². The number of hydrogen-bond acceptors (Lipinski definition) is 4. The molecule has 158 valence electrons. The Hall–Kier alpha value is -1.56. The molecule has 1 saturated heterocycles. The lowest BCUT2D eigenvalue weighted by molar-refractivity contribution is 0.0177. The molecule has 5 nitrogen and oxygen atoms in total. The summed E-state index contributed by atoms with van der Waals surface area (Å²) in [5.74, 6) is 1.08. The normalized spacial score (nSPS) is 16.9. The summed E-state index contributed by atoms with van der Waals surface area (Å²) < 4.78 is 5.48. The minimum absolute atomic E-state index is 0.0370. The first-order chi connectivity index (χ1) is 13.0. The van der Waals surface area contributed by atoms with Gasteiger partial charge in [0, 0.05) is 24.0 Å². The van der Waals surface area contributed by atoms with Gasteiger partial charge in [0.05, 0.1) is 4.88 Å². The van der Waals surface area contributed by atoms with Crippen molar-refractivity contribution in [2.24, 2.45) is 11.8 Å². The van der Waals surface area contributed by atoms with Crippen LogP contribution in [0.5, 0.6) is 0 Å². The van der Waals surface area contributed by atoms with E-state index in [0.29, 0.717) is 11.8 Å². The lowest BCUT2D eigenvalue weighted by Gasteiger charge is -2.35. The third-order valence-corrected chi connectivity index (χ3v) is 5.94. The molecule has 0 aromatic carbocycles. The van der Waals surface area contributed by atoms with Gasteiger partial charge in [-0.3, -0.25) is 4.79 Å². The third kappa shape index (κ3) is 7.46. The van der Waals surface area contributed by atoms with Crippen LogP contribution >= 0.6 is 11.3 Å². The number of aryl methyl sites for hydroxylation is 1. The molecule has 1 aromatic heterocycles. The van der Waals surface area contributed by atoms with Gasteiger partial charge in [0.15, 0.2) is 0 Å². The molecule has 0 radical (unpaired) electrons. The molecule has 1 unspecified atom stereocenters. The number of carbonyl (C=O) groups is 2. The minimum Gasteiger partial charge on any atom is -0.444 e. The molecule has 1 aliphatic rings. The predicted octanol–water partition coefficient (Wildman–Crippen LogP) is 5.24. The van der Waals surface area contributed by atoms with E-state index in [-0.39, 0.29) is 18.0 Å². The number of piperidine rings is 1. The van der Waals surface area contributed by atoms with E-state index in [1.54, 1.807) is 11.3 Å². The number of likely N-dealkylation sites (tertiary alicyclic amines) is 1. The van der Waals surface area contributed by atoms with Crippen LogP contribution in [-0.2, 0) is 4.74 Å². The highest BCUT2D eigenvalue weighted by molar-refractivity contribution is 7.13. The van der Waals surface area contributed by atoms with E-state index in [1.165, 1.54) is 0 Å². The molecule has 1 fully saturated rings. The second-order valence-corrected chi connectivity index (χ2v) is 10.6. The average Bonchev–Trinajstić information content (AvgIpc) is 3.00. The Morgan fingerprint density at radius 2 is 1.89 bits per heavy atom. The molecular formula is C22H36N2O3S. The lowest BCUT2D eigenvalue weighted by atomic mass is 9.87. The van der Waals surface area contributed by atoms with Gasteiger partial charge in [0.2, 0.25) is 0 Å². The summed E-state index contributed by atoms with van der Waals surface area (Å²) in [5.41, 5.74) is -0.458. The van der Waals surface area contributed by atoms with Crippen LogP contribution in [0.1, 0.15) is 74.9 Å². The second-order valence-electron chi connectivity index (χ2n) is 9.36. The standard InChI is InChI=1S/C22H36N2O3S/c1-15(2)13-18(23-20(25)19-8-7-16(3)28-19)14-17-9-11-24(12-10-17)21(26)27-22(4,5)6/h7-8,15,17-18H,9-14H2,1-6H3,(H,23,25). The van der Waals surface area contributed by atoms with Crippen molar-refractivity contribution in [3.8, 4) is 0 Å². The highest BCUT2D eigenvalue weighted by Gasteiger charge is 2.28. The Kier molecular flexibility index (Phi) is 7.93. The number of carbonyl (C=O) groups excluding carboxylic acids is 2. The summed E-state index contributed by atoms with van der Waals surface area (Å²) in [6.45, 7) is 13.5. The summed E-state index contributed by atoms with van der Waals surface area (Å²) in [7, 11) is 0. The fourth-order valence-electron chi connectivity index (χ4n) is 3.68. The van der Waals surface area contributed by atoms with Crippen LogP contribution in [0.4, 0.5) is 4.79 Å². The smallest absolute Gasteiger partial charge is 0.410 e. The molecule has 0 bridgehead atoms. The molecule has 1 N–H and O–H groups in total. The van der Waals surface area contributed by atoms with Crippen molar-refractivity contribution in [1.82, 2.24) is 10.2 Å². The van der Waals surface area contributed by atoms with Crippen molar-refractivity contribution in [2.75, 3.05) is 13.1 Å². The van der Waals surface area contributed by atoms with Crippen molar-refractivity contribution in [1.29, 1.82) is 0 Å². The maximum absolute atomic E-state index is 12.6. The van der Waals surface area contributed by atoms with E-state index < -0.39 is 5.60 Å². The maximum atomic E-state index is 12.6. The number of rotatable bonds is 6. The Morgan fingerprint density at radius 3 is 2.39 bits per heavy atom. The third-order valence-electron chi connectivity index (χ3n) is 4.94. The Balaban J connectivity index is 1.87. The summed E-state index contributed by atoms with van der Waals surface area (Å²) in [6, 6.07) is 4.07. The molecule has 28 heavy (non-hydrogen) atoms. The molecule has 0 spiro atoms. The number of amides is 2. The molecule has 0 aliphatic carbocycles. The Morgan fingerprint density at radius 1 is 1.25 bits per heavy atom. The predicted molar refractivity (Wildman–Crippen MR) is 115 cm³/mol. The highest BCUT2D eigenvalue weighted by atomic mass is 32.1. The number of nitrogens with one attached hydrogen (secondary N) is 1. The first-order valence-electron chi connectivity index (χ1n) is 10.4. The van der Waals surface area contributed by atoms with E-state index in [2.05, 4.69) is 19.2 Å². The highest BCUT2D eigenvalue weighted by Crippen LogP contribution is 2.26. The molecular weight excluding hydrogens is 372 g/mol. The summed E-state index contributed by atoms with van der Waals surface area (Å²) >= 11 is 1.54. The SMILES string of the molecule is Cc1ccc(C(=O)NC(CC(C)C)CC2CCN(C(=O)OC(C)(C)C)CC2)s1. The lowest BCUT2D eigenvalue weighted by Crippen LogP contribution is -2.43. The fraction of sp³-hybridized carbons (Fsp3) is 0.727. The van der Waals surface area contributed by atoms with E-state index in [4.69, 9.17) is 4.74 Å². The van der Waals surface area contributed by atoms with Gasteiger partial charge in [-0.2, -0.15) is 0 Å². The molecule has 2 heterocycles. The summed E-state index contributed by atoms with van der Waals surface area (Å²) in [5, 5.41) is 3.26. The zero-order chi connectivity index (χ0) is 20.9. The summed E-state index contributed by atoms with van der Waals surface area (Å²) in [6.07, 6.45) is 3.65. The van der Waals surface area contributed by atoms with Crippen LogP contribution in [-0.4, -0.2) is 41.6 Å². The molecule has 0 saturated carbocycles. The maximum Gasteiger partial charge on any atom is 0.410 e. The number of nitrogens with zero attached hydrogens (tertiary/aromatic N) is 1. The quantitative estimate of drug-likeness (QED) is 0.700. The van der Waals surface area contributed by atoms with Gasteiger partial charge in [0.1, 0.15) is 5.60 Å². The van der Waals surface area contributed by atoms with Gasteiger partial charge in [-0.25, -0.2) is 4.79 Å². The van der Waals surface area contributed by atoms with E-state index in [9.17, 15) is 9.59 Å².